The van der Waals surface area contributed by atoms with Crippen LogP contribution in [-0.4, -0.2) is 38.6 Å². The highest BCUT2D eigenvalue weighted by molar-refractivity contribution is 7.59. The van der Waals surface area contributed by atoms with Gasteiger partial charge in [-0.2, -0.15) is 26.3 Å². The molecule has 13 heteroatoms. The topological polar surface area (TPSA) is 73.9 Å². The summed E-state index contributed by atoms with van der Waals surface area (Å²) >= 11 is 0. The number of ether oxygens (including phenoxy) is 1. The number of rotatable bonds is 8. The number of anilines is 1. The predicted molar refractivity (Wildman–Crippen MR) is 81.8 cm³/mol. The zero-order chi connectivity index (χ0) is 20.7. The number of hydrogen-bond donors (Lipinski definition) is 1. The minimum absolute atomic E-state index is 0.289. The van der Waals surface area contributed by atoms with Gasteiger partial charge in [-0.15, -0.1) is 0 Å². The highest BCUT2D eigenvalue weighted by atomic mass is 31.2. The van der Waals surface area contributed by atoms with E-state index < -0.39 is 44.4 Å². The monoisotopic (exact) mass is 421 g/mol. The van der Waals surface area contributed by atoms with Gasteiger partial charge in [-0.05, 0) is 12.1 Å². The average molecular weight is 421 g/mol. The van der Waals surface area contributed by atoms with E-state index in [-0.39, 0.29) is 5.69 Å². The molecule has 0 bridgehead atoms. The van der Waals surface area contributed by atoms with Gasteiger partial charge in [0.1, 0.15) is 0 Å². The number of methoxy groups -OCH3 is 1. The molecule has 0 saturated heterocycles. The van der Waals surface area contributed by atoms with Crippen molar-refractivity contribution in [2.75, 3.05) is 25.6 Å². The van der Waals surface area contributed by atoms with Gasteiger partial charge in [-0.1, -0.05) is 18.2 Å². The molecule has 0 aliphatic heterocycles. The summed E-state index contributed by atoms with van der Waals surface area (Å²) in [6, 6.07) is 7.65. The van der Waals surface area contributed by atoms with E-state index >= 15 is 0 Å². The van der Waals surface area contributed by atoms with Crippen LogP contribution in [0.15, 0.2) is 41.8 Å². The molecule has 0 spiro atoms. The molecule has 0 atom stereocenters. The second-order valence-corrected chi connectivity index (χ2v) is 6.80. The minimum atomic E-state index is -5.35. The van der Waals surface area contributed by atoms with Crippen LogP contribution < -0.4 is 5.32 Å². The van der Waals surface area contributed by atoms with E-state index in [1.807, 2.05) is 0 Å². The van der Waals surface area contributed by atoms with E-state index in [9.17, 15) is 35.7 Å². The van der Waals surface area contributed by atoms with Gasteiger partial charge in [-0.25, -0.2) is 4.79 Å². The molecule has 0 saturated carbocycles. The number of esters is 1. The molecule has 1 aromatic carbocycles. The smallest absolute Gasteiger partial charge is 0.412 e. The summed E-state index contributed by atoms with van der Waals surface area (Å²) in [5.41, 5.74) is 0.289. The van der Waals surface area contributed by atoms with Gasteiger partial charge < -0.3 is 10.1 Å². The first kappa shape index (κ1) is 23.0. The first-order valence-electron chi connectivity index (χ1n) is 6.99. The lowest BCUT2D eigenvalue weighted by molar-refractivity contribution is -0.165. The second kappa shape index (κ2) is 9.25. The Morgan fingerprint density at radius 1 is 1.04 bits per heavy atom. The number of nitrogens with one attached hydrogen (secondary N) is 1. The molecular weight excluding hydrogens is 407 g/mol. The number of carbonyl (C=O) groups is 1. The van der Waals surface area contributed by atoms with Crippen molar-refractivity contribution in [1.29, 1.82) is 0 Å². The van der Waals surface area contributed by atoms with Gasteiger partial charge >= 0.3 is 25.9 Å². The number of hydrogen-bond acceptors (Lipinski definition) is 6. The summed E-state index contributed by atoms with van der Waals surface area (Å²) in [7, 11) is -4.56. The molecule has 0 fully saturated rings. The SMILES string of the molecule is COC(=O)/C(=C\Nc1ccccc1)P(=O)(OCC(F)(F)F)OCC(F)(F)F. The molecular formula is C14H14F6NO5P. The molecule has 0 radical (unpaired) electrons. The third-order valence-corrected chi connectivity index (χ3v) is 4.48. The van der Waals surface area contributed by atoms with Crippen molar-refractivity contribution in [1.82, 2.24) is 0 Å². The maximum absolute atomic E-state index is 12.6. The maximum atomic E-state index is 12.6. The zero-order valence-electron chi connectivity index (χ0n) is 13.6. The van der Waals surface area contributed by atoms with Crippen molar-refractivity contribution in [2.45, 2.75) is 12.4 Å². The molecule has 0 aliphatic carbocycles. The van der Waals surface area contributed by atoms with Crippen LogP contribution in [-0.2, 0) is 23.1 Å². The van der Waals surface area contributed by atoms with E-state index in [4.69, 9.17) is 0 Å². The largest absolute Gasteiger partial charge is 0.465 e. The molecule has 1 N–H and O–H groups in total. The van der Waals surface area contributed by atoms with E-state index in [0.717, 1.165) is 7.11 Å². The number of alkyl halides is 6. The van der Waals surface area contributed by atoms with E-state index in [1.54, 1.807) is 18.2 Å². The van der Waals surface area contributed by atoms with Crippen molar-refractivity contribution in [3.63, 3.8) is 0 Å². The lowest BCUT2D eigenvalue weighted by atomic mass is 10.3. The molecule has 0 aliphatic rings. The Morgan fingerprint density at radius 3 is 1.93 bits per heavy atom. The highest BCUT2D eigenvalue weighted by Crippen LogP contribution is 2.57. The Morgan fingerprint density at radius 2 is 1.52 bits per heavy atom. The van der Waals surface area contributed by atoms with Gasteiger partial charge in [0, 0.05) is 11.9 Å². The standard InChI is InChI=1S/C14H14F6NO5P/c1-24-12(22)11(7-21-10-5-3-2-4-6-10)27(23,25-8-13(15,16)17)26-9-14(18,19)20/h2-7,21H,8-9H2,1H3/b11-7+. The number of benzene rings is 1. The van der Waals surface area contributed by atoms with Gasteiger partial charge in [0.15, 0.2) is 18.5 Å². The summed E-state index contributed by atoms with van der Waals surface area (Å²) in [4.78, 5) is 11.8. The Kier molecular flexibility index (Phi) is 7.88. The van der Waals surface area contributed by atoms with Gasteiger partial charge in [-0.3, -0.25) is 13.6 Å². The molecule has 0 amide bonds. The molecule has 6 nitrogen and oxygen atoms in total. The zero-order valence-corrected chi connectivity index (χ0v) is 14.5. The average Bonchev–Trinajstić information content (AvgIpc) is 2.58. The van der Waals surface area contributed by atoms with Crippen LogP contribution in [0.25, 0.3) is 0 Å². The summed E-state index contributed by atoms with van der Waals surface area (Å²) in [5, 5.41) is 1.24. The molecule has 0 unspecified atom stereocenters. The van der Waals surface area contributed by atoms with E-state index in [0.29, 0.717) is 6.20 Å². The Hall–Kier alpha value is -2.04. The van der Waals surface area contributed by atoms with Crippen LogP contribution in [0, 0.1) is 0 Å². The molecule has 1 rings (SSSR count). The third kappa shape index (κ3) is 8.46. The summed E-state index contributed by atoms with van der Waals surface area (Å²) in [6.45, 7) is -4.41. The molecule has 0 aromatic heterocycles. The first-order valence-corrected chi connectivity index (χ1v) is 8.54. The Bertz CT molecular complexity index is 682. The fourth-order valence-corrected chi connectivity index (χ4v) is 3.06. The lowest BCUT2D eigenvalue weighted by Crippen LogP contribution is -2.22. The molecule has 152 valence electrons. The Balaban J connectivity index is 3.22. The van der Waals surface area contributed by atoms with Crippen LogP contribution in [0.3, 0.4) is 0 Å². The third-order valence-electron chi connectivity index (χ3n) is 2.64. The summed E-state index contributed by atoms with van der Waals surface area (Å²) in [5.74, 6) is -1.49. The van der Waals surface area contributed by atoms with Crippen LogP contribution in [0.4, 0.5) is 32.0 Å². The highest BCUT2D eigenvalue weighted by Gasteiger charge is 2.43. The van der Waals surface area contributed by atoms with Crippen molar-refractivity contribution in [2.24, 2.45) is 0 Å². The fraction of sp³-hybridized carbons (Fsp3) is 0.357. The number of carbonyl (C=O) groups excluding carboxylic acids is 1. The molecule has 0 heterocycles. The minimum Gasteiger partial charge on any atom is -0.465 e. The van der Waals surface area contributed by atoms with Crippen LogP contribution in [0.2, 0.25) is 0 Å². The van der Waals surface area contributed by atoms with Gasteiger partial charge in [0.2, 0.25) is 0 Å². The van der Waals surface area contributed by atoms with E-state index in [2.05, 4.69) is 19.1 Å². The Labute approximate surface area is 149 Å². The lowest BCUT2D eigenvalue weighted by Gasteiger charge is -2.21. The van der Waals surface area contributed by atoms with Crippen molar-refractivity contribution in [3.8, 4) is 0 Å². The number of para-hydroxylation sites is 1. The maximum Gasteiger partial charge on any atom is 0.412 e. The fourth-order valence-electron chi connectivity index (χ4n) is 1.53. The van der Waals surface area contributed by atoms with Crippen LogP contribution in [0.1, 0.15) is 0 Å². The van der Waals surface area contributed by atoms with Crippen LogP contribution >= 0.6 is 7.60 Å². The first-order chi connectivity index (χ1) is 12.4. The quantitative estimate of drug-likeness (QED) is 0.289. The van der Waals surface area contributed by atoms with Gasteiger partial charge in [0.05, 0.1) is 7.11 Å². The predicted octanol–water partition coefficient (Wildman–Crippen LogP) is 4.46. The van der Waals surface area contributed by atoms with E-state index in [1.165, 1.54) is 12.1 Å². The second-order valence-electron chi connectivity index (χ2n) is 4.81. The number of halogens is 6. The summed E-state index contributed by atoms with van der Waals surface area (Å²) in [6.07, 6.45) is -9.47. The van der Waals surface area contributed by atoms with Crippen molar-refractivity contribution in [3.05, 3.63) is 41.8 Å². The van der Waals surface area contributed by atoms with Crippen molar-refractivity contribution < 1.29 is 49.5 Å². The normalized spacial score (nSPS) is 13.4. The molecule has 1 aromatic rings. The van der Waals surface area contributed by atoms with Crippen molar-refractivity contribution >= 4 is 19.3 Å². The molecule has 27 heavy (non-hydrogen) atoms. The van der Waals surface area contributed by atoms with Gasteiger partial charge in [0.25, 0.3) is 0 Å². The summed E-state index contributed by atoms with van der Waals surface area (Å²) < 4.78 is 99.3. The van der Waals surface area contributed by atoms with Crippen LogP contribution in [0.5, 0.6) is 0 Å².